The van der Waals surface area contributed by atoms with Crippen LogP contribution < -0.4 is 4.74 Å². The number of hydrogen-bond donors (Lipinski definition) is 0. The van der Waals surface area contributed by atoms with Crippen LogP contribution in [-0.2, 0) is 17.8 Å². The lowest BCUT2D eigenvalue weighted by atomic mass is 9.99. The van der Waals surface area contributed by atoms with E-state index in [1.807, 2.05) is 17.0 Å². The number of methoxy groups -OCH3 is 1. The zero-order chi connectivity index (χ0) is 11.1. The normalized spacial score (nSPS) is 19.6. The van der Waals surface area contributed by atoms with Crippen molar-refractivity contribution < 1.29 is 9.53 Å². The first-order valence-corrected chi connectivity index (χ1v) is 5.73. The molecule has 1 fully saturated rings. The Bertz CT molecular complexity index is 438. The molecule has 2 aliphatic rings. The molecule has 1 aromatic rings. The third kappa shape index (κ3) is 1.56. The van der Waals surface area contributed by atoms with Crippen LogP contribution in [0.15, 0.2) is 18.2 Å². The smallest absolute Gasteiger partial charge is 0.227 e. The third-order valence-corrected chi connectivity index (χ3v) is 3.40. The lowest BCUT2D eigenvalue weighted by molar-refractivity contribution is -0.132. The second-order valence-corrected chi connectivity index (χ2v) is 4.56. The monoisotopic (exact) mass is 217 g/mol. The molecule has 0 atom stereocenters. The van der Waals surface area contributed by atoms with Gasteiger partial charge in [0.2, 0.25) is 5.91 Å². The first-order chi connectivity index (χ1) is 7.78. The van der Waals surface area contributed by atoms with E-state index in [0.29, 0.717) is 12.5 Å². The summed E-state index contributed by atoms with van der Waals surface area (Å²) < 4.78 is 5.22. The second-order valence-electron chi connectivity index (χ2n) is 4.56. The molecule has 0 N–H and O–H groups in total. The highest BCUT2D eigenvalue weighted by Crippen LogP contribution is 2.33. The quantitative estimate of drug-likeness (QED) is 0.755. The Labute approximate surface area is 95.0 Å². The van der Waals surface area contributed by atoms with Gasteiger partial charge in [-0.2, -0.15) is 0 Å². The van der Waals surface area contributed by atoms with Crippen molar-refractivity contribution in [3.8, 4) is 5.75 Å². The van der Waals surface area contributed by atoms with Crippen molar-refractivity contribution in [3.05, 3.63) is 29.3 Å². The Balaban J connectivity index is 1.92. The molecule has 1 aromatic carbocycles. The molecule has 16 heavy (non-hydrogen) atoms. The maximum atomic E-state index is 11.9. The van der Waals surface area contributed by atoms with Crippen molar-refractivity contribution in [1.82, 2.24) is 4.90 Å². The topological polar surface area (TPSA) is 29.5 Å². The lowest BCUT2D eigenvalue weighted by Crippen LogP contribution is -2.37. The molecule has 0 aromatic heterocycles. The summed E-state index contributed by atoms with van der Waals surface area (Å²) in [6.07, 6.45) is 2.89. The third-order valence-electron chi connectivity index (χ3n) is 3.40. The lowest BCUT2D eigenvalue weighted by Gasteiger charge is -2.29. The van der Waals surface area contributed by atoms with E-state index in [1.54, 1.807) is 7.11 Å². The zero-order valence-electron chi connectivity index (χ0n) is 9.40. The molecule has 1 aliphatic heterocycles. The van der Waals surface area contributed by atoms with Gasteiger partial charge in [-0.3, -0.25) is 4.79 Å². The molecular formula is C13H15NO2. The van der Waals surface area contributed by atoms with Gasteiger partial charge >= 0.3 is 0 Å². The summed E-state index contributed by atoms with van der Waals surface area (Å²) >= 11 is 0. The summed E-state index contributed by atoms with van der Waals surface area (Å²) in [7, 11) is 1.67. The fraction of sp³-hybridized carbons (Fsp3) is 0.462. The highest BCUT2D eigenvalue weighted by molar-refractivity contribution is 5.81. The van der Waals surface area contributed by atoms with E-state index < -0.39 is 0 Å². The molecule has 84 valence electrons. The van der Waals surface area contributed by atoms with E-state index in [2.05, 4.69) is 6.07 Å². The number of fused-ring (bicyclic) bond motifs is 1. The number of hydrogen-bond acceptors (Lipinski definition) is 2. The van der Waals surface area contributed by atoms with Crippen molar-refractivity contribution in [3.63, 3.8) is 0 Å². The fourth-order valence-electron chi connectivity index (χ4n) is 2.30. The highest BCUT2D eigenvalue weighted by Gasteiger charge is 2.35. The molecule has 3 nitrogen and oxygen atoms in total. The van der Waals surface area contributed by atoms with Crippen LogP contribution >= 0.6 is 0 Å². The molecule has 0 unspecified atom stereocenters. The summed E-state index contributed by atoms with van der Waals surface area (Å²) in [5.41, 5.74) is 2.40. The molecule has 1 heterocycles. The first-order valence-electron chi connectivity index (χ1n) is 5.73. The molecule has 0 spiro atoms. The van der Waals surface area contributed by atoms with E-state index in [9.17, 15) is 4.79 Å². The number of carbonyl (C=O) groups excluding carboxylic acids is 1. The van der Waals surface area contributed by atoms with Crippen molar-refractivity contribution in [2.24, 2.45) is 0 Å². The molecule has 0 bridgehead atoms. The maximum absolute atomic E-state index is 11.9. The number of ether oxygens (including phenoxy) is 1. The van der Waals surface area contributed by atoms with Crippen molar-refractivity contribution in [2.45, 2.75) is 31.8 Å². The summed E-state index contributed by atoms with van der Waals surface area (Å²) in [6, 6.07) is 6.50. The Morgan fingerprint density at radius 2 is 2.12 bits per heavy atom. The molecule has 0 saturated heterocycles. The zero-order valence-corrected chi connectivity index (χ0v) is 9.40. The SMILES string of the molecule is COc1ccc2c(c1)CN(C1CC1)C(=O)C2. The minimum atomic E-state index is 0.278. The van der Waals surface area contributed by atoms with Gasteiger partial charge in [-0.15, -0.1) is 0 Å². The van der Waals surface area contributed by atoms with E-state index >= 15 is 0 Å². The Kier molecular flexibility index (Phi) is 2.13. The average Bonchev–Trinajstić information content (AvgIpc) is 3.11. The Hall–Kier alpha value is -1.51. The molecular weight excluding hydrogens is 202 g/mol. The van der Waals surface area contributed by atoms with Crippen LogP contribution in [0.4, 0.5) is 0 Å². The van der Waals surface area contributed by atoms with Gasteiger partial charge in [0.1, 0.15) is 5.75 Å². The van der Waals surface area contributed by atoms with Crippen molar-refractivity contribution >= 4 is 5.91 Å². The van der Waals surface area contributed by atoms with Crippen LogP contribution in [0.25, 0.3) is 0 Å². The van der Waals surface area contributed by atoms with Crippen molar-refractivity contribution in [2.75, 3.05) is 7.11 Å². The van der Waals surface area contributed by atoms with Gasteiger partial charge < -0.3 is 9.64 Å². The minimum absolute atomic E-state index is 0.278. The molecule has 3 rings (SSSR count). The maximum Gasteiger partial charge on any atom is 0.227 e. The second kappa shape index (κ2) is 3.51. The first kappa shape index (κ1) is 9.70. The van der Waals surface area contributed by atoms with Gasteiger partial charge in [0.25, 0.3) is 0 Å². The fourth-order valence-corrected chi connectivity index (χ4v) is 2.30. The van der Waals surface area contributed by atoms with Crippen LogP contribution in [0.3, 0.4) is 0 Å². The minimum Gasteiger partial charge on any atom is -0.497 e. The van der Waals surface area contributed by atoms with Crippen LogP contribution in [0.1, 0.15) is 24.0 Å². The van der Waals surface area contributed by atoms with Gasteiger partial charge in [0.15, 0.2) is 0 Å². The van der Waals surface area contributed by atoms with Gasteiger partial charge in [-0.05, 0) is 36.1 Å². The molecule has 3 heteroatoms. The number of nitrogens with zero attached hydrogens (tertiary/aromatic N) is 1. The van der Waals surface area contributed by atoms with Gasteiger partial charge in [0.05, 0.1) is 13.5 Å². The van der Waals surface area contributed by atoms with E-state index in [0.717, 1.165) is 17.9 Å². The van der Waals surface area contributed by atoms with Gasteiger partial charge in [-0.25, -0.2) is 0 Å². The molecule has 0 radical (unpaired) electrons. The molecule has 1 aliphatic carbocycles. The number of rotatable bonds is 2. The predicted molar refractivity (Wildman–Crippen MR) is 60.3 cm³/mol. The Morgan fingerprint density at radius 1 is 1.31 bits per heavy atom. The number of amides is 1. The molecule has 1 saturated carbocycles. The van der Waals surface area contributed by atoms with Gasteiger partial charge in [-0.1, -0.05) is 6.07 Å². The predicted octanol–water partition coefficient (Wildman–Crippen LogP) is 1.74. The summed E-state index contributed by atoms with van der Waals surface area (Å²) in [4.78, 5) is 13.9. The van der Waals surface area contributed by atoms with E-state index in [1.165, 1.54) is 18.4 Å². The van der Waals surface area contributed by atoms with Crippen LogP contribution in [0.2, 0.25) is 0 Å². The average molecular weight is 217 g/mol. The van der Waals surface area contributed by atoms with E-state index in [-0.39, 0.29) is 5.91 Å². The summed E-state index contributed by atoms with van der Waals surface area (Å²) in [6.45, 7) is 0.760. The van der Waals surface area contributed by atoms with E-state index in [4.69, 9.17) is 4.74 Å². The largest absolute Gasteiger partial charge is 0.497 e. The number of carbonyl (C=O) groups is 1. The van der Waals surface area contributed by atoms with Crippen molar-refractivity contribution in [1.29, 1.82) is 0 Å². The summed E-state index contributed by atoms with van der Waals surface area (Å²) in [5, 5.41) is 0. The van der Waals surface area contributed by atoms with Crippen LogP contribution in [0, 0.1) is 0 Å². The highest BCUT2D eigenvalue weighted by atomic mass is 16.5. The van der Waals surface area contributed by atoms with Gasteiger partial charge in [0, 0.05) is 12.6 Å². The number of benzene rings is 1. The van der Waals surface area contributed by atoms with Crippen LogP contribution in [-0.4, -0.2) is 24.0 Å². The van der Waals surface area contributed by atoms with Crippen LogP contribution in [0.5, 0.6) is 5.75 Å². The Morgan fingerprint density at radius 3 is 2.81 bits per heavy atom. The summed E-state index contributed by atoms with van der Waals surface area (Å²) in [5.74, 6) is 1.16. The molecule has 1 amide bonds. The standard InChI is InChI=1S/C13H15NO2/c1-16-12-5-2-9-7-13(15)14(11-3-4-11)8-10(9)6-12/h2,5-6,11H,3-4,7-8H2,1H3.